The standard InChI is InChI=1S/C9H9N3O3/c1-6-10-8-4-3-7(12(13)14)5-9(8)11(6)15-2/h3-5H,1-2H3. The third kappa shape index (κ3) is 1.39. The van der Waals surface area contributed by atoms with E-state index in [1.54, 1.807) is 13.0 Å². The molecule has 0 saturated carbocycles. The Bertz CT molecular complexity index is 533. The van der Waals surface area contributed by atoms with Crippen molar-refractivity contribution in [2.24, 2.45) is 0 Å². The minimum absolute atomic E-state index is 0.0284. The Balaban J connectivity index is 2.73. The van der Waals surface area contributed by atoms with Crippen LogP contribution in [0.5, 0.6) is 0 Å². The van der Waals surface area contributed by atoms with Gasteiger partial charge in [-0.15, -0.1) is 0 Å². The molecule has 0 spiro atoms. The molecule has 0 bridgehead atoms. The normalized spacial score (nSPS) is 10.5. The summed E-state index contributed by atoms with van der Waals surface area (Å²) in [6.07, 6.45) is 0. The van der Waals surface area contributed by atoms with Crippen LogP contribution in [0.25, 0.3) is 11.0 Å². The lowest BCUT2D eigenvalue weighted by Crippen LogP contribution is -2.07. The number of rotatable bonds is 2. The number of hydrogen-bond donors (Lipinski definition) is 0. The number of imidazole rings is 1. The Morgan fingerprint density at radius 2 is 2.27 bits per heavy atom. The maximum absolute atomic E-state index is 10.6. The third-order valence-corrected chi connectivity index (χ3v) is 2.15. The van der Waals surface area contributed by atoms with Crippen molar-refractivity contribution in [1.29, 1.82) is 0 Å². The molecule has 0 atom stereocenters. The average molecular weight is 207 g/mol. The van der Waals surface area contributed by atoms with E-state index in [2.05, 4.69) is 4.98 Å². The largest absolute Gasteiger partial charge is 0.415 e. The van der Waals surface area contributed by atoms with E-state index in [0.29, 0.717) is 16.9 Å². The predicted molar refractivity (Wildman–Crippen MR) is 53.6 cm³/mol. The molecular weight excluding hydrogens is 198 g/mol. The first kappa shape index (κ1) is 9.45. The lowest BCUT2D eigenvalue weighted by molar-refractivity contribution is -0.384. The highest BCUT2D eigenvalue weighted by molar-refractivity contribution is 5.78. The van der Waals surface area contributed by atoms with Gasteiger partial charge < -0.3 is 4.84 Å². The topological polar surface area (TPSA) is 70.2 Å². The van der Waals surface area contributed by atoms with Crippen LogP contribution in [0.15, 0.2) is 18.2 Å². The molecule has 0 amide bonds. The number of aromatic nitrogens is 2. The third-order valence-electron chi connectivity index (χ3n) is 2.15. The molecule has 0 aliphatic carbocycles. The van der Waals surface area contributed by atoms with Crippen molar-refractivity contribution >= 4 is 16.7 Å². The Morgan fingerprint density at radius 3 is 2.87 bits per heavy atom. The molecule has 0 radical (unpaired) electrons. The number of nitrogens with zero attached hydrogens (tertiary/aromatic N) is 3. The molecule has 0 N–H and O–H groups in total. The van der Waals surface area contributed by atoms with E-state index in [1.807, 2.05) is 0 Å². The van der Waals surface area contributed by atoms with Crippen molar-refractivity contribution in [3.63, 3.8) is 0 Å². The van der Waals surface area contributed by atoms with Gasteiger partial charge in [-0.3, -0.25) is 10.1 Å². The Morgan fingerprint density at radius 1 is 1.53 bits per heavy atom. The minimum atomic E-state index is -0.443. The van der Waals surface area contributed by atoms with Gasteiger partial charge in [-0.2, -0.15) is 4.73 Å². The summed E-state index contributed by atoms with van der Waals surface area (Å²) < 4.78 is 1.46. The fourth-order valence-corrected chi connectivity index (χ4v) is 1.51. The fourth-order valence-electron chi connectivity index (χ4n) is 1.51. The van der Waals surface area contributed by atoms with Gasteiger partial charge in [-0.1, -0.05) is 0 Å². The first-order valence-electron chi connectivity index (χ1n) is 4.31. The smallest absolute Gasteiger partial charge is 0.271 e. The summed E-state index contributed by atoms with van der Waals surface area (Å²) in [6, 6.07) is 4.48. The van der Waals surface area contributed by atoms with Crippen LogP contribution in [0, 0.1) is 17.0 Å². The number of non-ortho nitro benzene ring substituents is 1. The van der Waals surface area contributed by atoms with Crippen LogP contribution in [-0.4, -0.2) is 21.7 Å². The van der Waals surface area contributed by atoms with Gasteiger partial charge in [-0.05, 0) is 13.0 Å². The van der Waals surface area contributed by atoms with Gasteiger partial charge in [0.25, 0.3) is 5.69 Å². The molecule has 0 unspecified atom stereocenters. The van der Waals surface area contributed by atoms with Crippen molar-refractivity contribution in [1.82, 2.24) is 9.71 Å². The van der Waals surface area contributed by atoms with Crippen LogP contribution in [0.2, 0.25) is 0 Å². The van der Waals surface area contributed by atoms with E-state index in [-0.39, 0.29) is 5.69 Å². The lowest BCUT2D eigenvalue weighted by Gasteiger charge is -2.02. The molecule has 2 rings (SSSR count). The van der Waals surface area contributed by atoms with Gasteiger partial charge in [0.05, 0.1) is 10.4 Å². The van der Waals surface area contributed by atoms with Gasteiger partial charge in [0.2, 0.25) is 0 Å². The molecule has 0 fully saturated rings. The zero-order valence-electron chi connectivity index (χ0n) is 8.30. The maximum Gasteiger partial charge on any atom is 0.271 e. The predicted octanol–water partition coefficient (Wildman–Crippen LogP) is 1.31. The van der Waals surface area contributed by atoms with Gasteiger partial charge in [0.1, 0.15) is 18.5 Å². The second-order valence-electron chi connectivity index (χ2n) is 3.07. The first-order valence-corrected chi connectivity index (χ1v) is 4.31. The molecule has 1 heterocycles. The van der Waals surface area contributed by atoms with Crippen LogP contribution in [-0.2, 0) is 0 Å². The summed E-state index contributed by atoms with van der Waals surface area (Å²) in [6.45, 7) is 1.77. The van der Waals surface area contributed by atoms with Crippen molar-refractivity contribution in [2.75, 3.05) is 7.11 Å². The average Bonchev–Trinajstić information content (AvgIpc) is 2.51. The second kappa shape index (κ2) is 3.23. The fraction of sp³-hybridized carbons (Fsp3) is 0.222. The van der Waals surface area contributed by atoms with Crippen molar-refractivity contribution in [3.8, 4) is 0 Å². The van der Waals surface area contributed by atoms with Crippen LogP contribution < -0.4 is 4.84 Å². The van der Waals surface area contributed by atoms with E-state index in [9.17, 15) is 10.1 Å². The molecule has 0 aliphatic heterocycles. The number of aryl methyl sites for hydroxylation is 1. The van der Waals surface area contributed by atoms with Crippen molar-refractivity contribution in [3.05, 3.63) is 34.1 Å². The SMILES string of the molecule is COn1c(C)nc2ccc([N+](=O)[O-])cc21. The summed E-state index contributed by atoms with van der Waals surface area (Å²) in [7, 11) is 1.49. The van der Waals surface area contributed by atoms with E-state index in [4.69, 9.17) is 4.84 Å². The molecule has 15 heavy (non-hydrogen) atoms. The zero-order valence-corrected chi connectivity index (χ0v) is 8.30. The number of benzene rings is 1. The molecule has 6 heteroatoms. The Labute approximate surface area is 85.2 Å². The molecule has 2 aromatic rings. The Kier molecular flexibility index (Phi) is 2.03. The van der Waals surface area contributed by atoms with Crippen LogP contribution >= 0.6 is 0 Å². The molecular formula is C9H9N3O3. The highest BCUT2D eigenvalue weighted by Crippen LogP contribution is 2.20. The quantitative estimate of drug-likeness (QED) is 0.550. The molecule has 1 aromatic carbocycles. The second-order valence-corrected chi connectivity index (χ2v) is 3.07. The number of nitro benzene ring substituents is 1. The zero-order chi connectivity index (χ0) is 11.0. The van der Waals surface area contributed by atoms with Crippen LogP contribution in [0.4, 0.5) is 5.69 Å². The van der Waals surface area contributed by atoms with Gasteiger partial charge in [0, 0.05) is 12.1 Å². The number of fused-ring (bicyclic) bond motifs is 1. The van der Waals surface area contributed by atoms with E-state index < -0.39 is 4.92 Å². The van der Waals surface area contributed by atoms with E-state index in [1.165, 1.54) is 24.0 Å². The number of hydrogen-bond acceptors (Lipinski definition) is 4. The molecule has 1 aromatic heterocycles. The van der Waals surface area contributed by atoms with Crippen LogP contribution in [0.1, 0.15) is 5.82 Å². The number of nitro groups is 1. The van der Waals surface area contributed by atoms with Gasteiger partial charge in [-0.25, -0.2) is 4.98 Å². The van der Waals surface area contributed by atoms with Crippen molar-refractivity contribution < 1.29 is 9.76 Å². The molecule has 0 aliphatic rings. The Hall–Kier alpha value is -2.11. The summed E-state index contributed by atoms with van der Waals surface area (Å²) in [5, 5.41) is 10.6. The monoisotopic (exact) mass is 207 g/mol. The highest BCUT2D eigenvalue weighted by Gasteiger charge is 2.12. The van der Waals surface area contributed by atoms with E-state index >= 15 is 0 Å². The summed E-state index contributed by atoms with van der Waals surface area (Å²) in [4.78, 5) is 19.4. The summed E-state index contributed by atoms with van der Waals surface area (Å²) in [5.74, 6) is 0.660. The first-order chi connectivity index (χ1) is 7.13. The van der Waals surface area contributed by atoms with Crippen molar-refractivity contribution in [2.45, 2.75) is 6.92 Å². The molecule has 78 valence electrons. The highest BCUT2D eigenvalue weighted by atomic mass is 16.6. The van der Waals surface area contributed by atoms with Crippen LogP contribution in [0.3, 0.4) is 0 Å². The summed E-state index contributed by atoms with van der Waals surface area (Å²) >= 11 is 0. The van der Waals surface area contributed by atoms with Gasteiger partial charge in [0.15, 0.2) is 0 Å². The molecule has 6 nitrogen and oxygen atoms in total. The van der Waals surface area contributed by atoms with Gasteiger partial charge >= 0.3 is 0 Å². The lowest BCUT2D eigenvalue weighted by atomic mass is 10.3. The maximum atomic E-state index is 10.6. The summed E-state index contributed by atoms with van der Waals surface area (Å²) in [5.41, 5.74) is 1.31. The molecule has 0 saturated heterocycles. The minimum Gasteiger partial charge on any atom is -0.415 e. The van der Waals surface area contributed by atoms with E-state index in [0.717, 1.165) is 0 Å².